The third kappa shape index (κ3) is 10.8. The van der Waals surface area contributed by atoms with Crippen molar-refractivity contribution in [2.45, 2.75) is 26.6 Å². The summed E-state index contributed by atoms with van der Waals surface area (Å²) in [5.74, 6) is 0.619. The van der Waals surface area contributed by atoms with Crippen LogP contribution >= 0.6 is 35.3 Å². The fourth-order valence-corrected chi connectivity index (χ4v) is 2.63. The predicted octanol–water partition coefficient (Wildman–Crippen LogP) is 3.22. The lowest BCUT2D eigenvalue weighted by atomic mass is 10.4. The van der Waals surface area contributed by atoms with Crippen LogP contribution in [-0.2, 0) is 6.54 Å². The average Bonchev–Trinajstić information content (AvgIpc) is 2.79. The van der Waals surface area contributed by atoms with Gasteiger partial charge in [0.15, 0.2) is 5.96 Å². The van der Waals surface area contributed by atoms with Crippen LogP contribution in [0, 0.1) is 6.92 Å². The fraction of sp³-hybridized carbons (Fsp3) is 0.643. The summed E-state index contributed by atoms with van der Waals surface area (Å²) in [6, 6.07) is 4.08. The van der Waals surface area contributed by atoms with E-state index in [9.17, 15) is 13.2 Å². The van der Waals surface area contributed by atoms with Crippen LogP contribution in [0.5, 0.6) is 0 Å². The first-order valence-electron chi connectivity index (χ1n) is 7.13. The molecular weight excluding hydrogens is 440 g/mol. The average molecular weight is 464 g/mol. The SMILES string of the molecule is CCNC(=NCc1ccc(C)s1)NCCN(C)CC(F)(F)F.I. The van der Waals surface area contributed by atoms with E-state index in [0.717, 1.165) is 4.88 Å². The Labute approximate surface area is 156 Å². The number of thiophene rings is 1. The van der Waals surface area contributed by atoms with E-state index in [1.54, 1.807) is 11.3 Å². The normalized spacial score (nSPS) is 12.2. The lowest BCUT2D eigenvalue weighted by Crippen LogP contribution is -2.42. The van der Waals surface area contributed by atoms with Crippen molar-refractivity contribution in [1.29, 1.82) is 0 Å². The number of guanidine groups is 1. The maximum Gasteiger partial charge on any atom is 0.401 e. The molecule has 4 nitrogen and oxygen atoms in total. The summed E-state index contributed by atoms with van der Waals surface area (Å²) in [5, 5.41) is 6.13. The number of hydrogen-bond donors (Lipinski definition) is 2. The van der Waals surface area contributed by atoms with Crippen molar-refractivity contribution in [2.75, 3.05) is 33.2 Å². The Morgan fingerprint density at radius 3 is 2.52 bits per heavy atom. The third-order valence-electron chi connectivity index (χ3n) is 2.77. The van der Waals surface area contributed by atoms with Crippen molar-refractivity contribution in [1.82, 2.24) is 15.5 Å². The first-order chi connectivity index (χ1) is 10.3. The molecule has 134 valence electrons. The molecule has 0 atom stereocenters. The van der Waals surface area contributed by atoms with Crippen LogP contribution in [0.2, 0.25) is 0 Å². The summed E-state index contributed by atoms with van der Waals surface area (Å²) < 4.78 is 36.7. The number of nitrogens with zero attached hydrogens (tertiary/aromatic N) is 2. The van der Waals surface area contributed by atoms with Gasteiger partial charge >= 0.3 is 6.18 Å². The van der Waals surface area contributed by atoms with Gasteiger partial charge in [0, 0.05) is 29.4 Å². The molecular formula is C14H24F3IN4S. The Hall–Kier alpha value is -0.550. The molecule has 0 aliphatic heterocycles. The van der Waals surface area contributed by atoms with E-state index in [2.05, 4.69) is 15.6 Å². The molecule has 9 heteroatoms. The summed E-state index contributed by atoms with van der Waals surface area (Å²) >= 11 is 1.69. The Kier molecular flexibility index (Phi) is 10.8. The highest BCUT2D eigenvalue weighted by atomic mass is 127. The lowest BCUT2D eigenvalue weighted by molar-refractivity contribution is -0.142. The van der Waals surface area contributed by atoms with E-state index in [0.29, 0.717) is 32.1 Å². The van der Waals surface area contributed by atoms with Crippen molar-refractivity contribution in [3.63, 3.8) is 0 Å². The highest BCUT2D eigenvalue weighted by Crippen LogP contribution is 2.16. The molecule has 1 rings (SSSR count). The first kappa shape index (κ1) is 22.4. The van der Waals surface area contributed by atoms with Crippen molar-refractivity contribution in [3.05, 3.63) is 21.9 Å². The highest BCUT2D eigenvalue weighted by Gasteiger charge is 2.28. The van der Waals surface area contributed by atoms with Crippen molar-refractivity contribution < 1.29 is 13.2 Å². The van der Waals surface area contributed by atoms with Crippen molar-refractivity contribution in [3.8, 4) is 0 Å². The minimum absolute atomic E-state index is 0. The Morgan fingerprint density at radius 2 is 2.00 bits per heavy atom. The maximum atomic E-state index is 12.2. The Balaban J connectivity index is 0.00000484. The van der Waals surface area contributed by atoms with E-state index in [1.165, 1.54) is 16.8 Å². The molecule has 1 aromatic rings. The maximum absolute atomic E-state index is 12.2. The number of alkyl halides is 3. The van der Waals surface area contributed by atoms with Crippen molar-refractivity contribution in [2.24, 2.45) is 4.99 Å². The molecule has 0 spiro atoms. The topological polar surface area (TPSA) is 39.7 Å². The third-order valence-corrected chi connectivity index (χ3v) is 3.75. The zero-order valence-corrected chi connectivity index (χ0v) is 16.7. The first-order valence-corrected chi connectivity index (χ1v) is 7.94. The van der Waals surface area contributed by atoms with Gasteiger partial charge in [-0.1, -0.05) is 0 Å². The molecule has 0 aliphatic carbocycles. The number of hydrogen-bond acceptors (Lipinski definition) is 3. The van der Waals surface area contributed by atoms with Crippen LogP contribution in [-0.4, -0.2) is 50.3 Å². The molecule has 0 unspecified atom stereocenters. The van der Waals surface area contributed by atoms with E-state index in [4.69, 9.17) is 0 Å². The zero-order chi connectivity index (χ0) is 16.6. The van der Waals surface area contributed by atoms with Gasteiger partial charge in [-0.05, 0) is 33.0 Å². The second-order valence-electron chi connectivity index (χ2n) is 4.99. The molecule has 0 bridgehead atoms. The second-order valence-corrected chi connectivity index (χ2v) is 6.36. The number of halogens is 4. The Morgan fingerprint density at radius 1 is 1.30 bits per heavy atom. The van der Waals surface area contributed by atoms with E-state index in [1.807, 2.05) is 26.0 Å². The summed E-state index contributed by atoms with van der Waals surface area (Å²) in [6.45, 7) is 5.04. The van der Waals surface area contributed by atoms with Crippen LogP contribution < -0.4 is 10.6 Å². The molecule has 1 heterocycles. The molecule has 0 amide bonds. The molecule has 0 aromatic carbocycles. The monoisotopic (exact) mass is 464 g/mol. The predicted molar refractivity (Wildman–Crippen MR) is 101 cm³/mol. The van der Waals surface area contributed by atoms with Crippen LogP contribution in [0.25, 0.3) is 0 Å². The molecule has 0 fully saturated rings. The minimum Gasteiger partial charge on any atom is -0.357 e. The van der Waals surface area contributed by atoms with Gasteiger partial charge in [0.05, 0.1) is 13.1 Å². The van der Waals surface area contributed by atoms with E-state index in [-0.39, 0.29) is 24.0 Å². The highest BCUT2D eigenvalue weighted by molar-refractivity contribution is 14.0. The molecule has 0 radical (unpaired) electrons. The summed E-state index contributed by atoms with van der Waals surface area (Å²) in [5.41, 5.74) is 0. The minimum atomic E-state index is -4.16. The smallest absolute Gasteiger partial charge is 0.357 e. The van der Waals surface area contributed by atoms with Gasteiger partial charge in [-0.25, -0.2) is 4.99 Å². The molecule has 0 saturated heterocycles. The molecule has 0 saturated carbocycles. The summed E-state index contributed by atoms with van der Waals surface area (Å²) in [7, 11) is 1.45. The molecule has 2 N–H and O–H groups in total. The Bertz CT molecular complexity index is 477. The fourth-order valence-electron chi connectivity index (χ4n) is 1.82. The van der Waals surface area contributed by atoms with Crippen LogP contribution in [0.15, 0.2) is 17.1 Å². The molecule has 23 heavy (non-hydrogen) atoms. The van der Waals surface area contributed by atoms with Crippen LogP contribution in [0.4, 0.5) is 13.2 Å². The largest absolute Gasteiger partial charge is 0.401 e. The second kappa shape index (κ2) is 11.1. The van der Waals surface area contributed by atoms with Crippen LogP contribution in [0.1, 0.15) is 16.7 Å². The van der Waals surface area contributed by atoms with Gasteiger partial charge in [0.2, 0.25) is 0 Å². The summed E-state index contributed by atoms with van der Waals surface area (Å²) in [4.78, 5) is 8.06. The number of aliphatic imine (C=N–C) groups is 1. The zero-order valence-electron chi connectivity index (χ0n) is 13.5. The van der Waals surface area contributed by atoms with E-state index < -0.39 is 12.7 Å². The van der Waals surface area contributed by atoms with Gasteiger partial charge in [0.1, 0.15) is 0 Å². The van der Waals surface area contributed by atoms with Gasteiger partial charge < -0.3 is 10.6 Å². The van der Waals surface area contributed by atoms with Gasteiger partial charge in [0.25, 0.3) is 0 Å². The number of rotatable bonds is 7. The lowest BCUT2D eigenvalue weighted by Gasteiger charge is -2.19. The number of likely N-dealkylation sites (N-methyl/N-ethyl adjacent to an activating group) is 1. The van der Waals surface area contributed by atoms with Crippen LogP contribution in [0.3, 0.4) is 0 Å². The van der Waals surface area contributed by atoms with Crippen molar-refractivity contribution >= 4 is 41.3 Å². The van der Waals surface area contributed by atoms with Gasteiger partial charge in [-0.3, -0.25) is 4.90 Å². The molecule has 1 aromatic heterocycles. The quantitative estimate of drug-likeness (QED) is 0.370. The number of aryl methyl sites for hydroxylation is 1. The standard InChI is InChI=1S/C14H23F3N4S.HI/c1-4-18-13(20-9-12-6-5-11(2)22-12)19-7-8-21(3)10-14(15,16)17;/h5-6H,4,7-10H2,1-3H3,(H2,18,19,20);1H. The van der Waals surface area contributed by atoms with Gasteiger partial charge in [-0.15, -0.1) is 35.3 Å². The summed E-state index contributed by atoms with van der Waals surface area (Å²) in [6.07, 6.45) is -4.16. The van der Waals surface area contributed by atoms with Gasteiger partial charge in [-0.2, -0.15) is 13.2 Å². The number of nitrogens with one attached hydrogen (secondary N) is 2. The molecule has 0 aliphatic rings. The van der Waals surface area contributed by atoms with E-state index >= 15 is 0 Å².